The molecular formula is C19H20F2NO2Ti. The molecule has 0 saturated carbocycles. The van der Waals surface area contributed by atoms with Crippen molar-refractivity contribution in [3.63, 3.8) is 0 Å². The summed E-state index contributed by atoms with van der Waals surface area (Å²) >= 11 is 1.36. The zero-order chi connectivity index (χ0) is 18.2. The Morgan fingerprint density at radius 3 is 2.52 bits per heavy atom. The molecule has 0 atom stereocenters. The van der Waals surface area contributed by atoms with Crippen molar-refractivity contribution in [2.45, 2.75) is 19.8 Å². The van der Waals surface area contributed by atoms with Gasteiger partial charge in [-0.3, -0.25) is 0 Å². The second kappa shape index (κ2) is 9.81. The van der Waals surface area contributed by atoms with Gasteiger partial charge in [-0.25, -0.2) is 0 Å². The molecule has 1 amide bonds. The fourth-order valence-corrected chi connectivity index (χ4v) is 2.65. The number of rotatable bonds is 8. The van der Waals surface area contributed by atoms with E-state index in [9.17, 15) is 13.6 Å². The van der Waals surface area contributed by atoms with Crippen molar-refractivity contribution in [2.24, 2.45) is 0 Å². The fraction of sp³-hybridized carbons (Fsp3) is 0.316. The number of hydrogen-bond acceptors (Lipinski definition) is 2. The summed E-state index contributed by atoms with van der Waals surface area (Å²) in [5.74, 6) is -1.70. The van der Waals surface area contributed by atoms with Gasteiger partial charge in [0.1, 0.15) is 0 Å². The van der Waals surface area contributed by atoms with E-state index in [1.807, 2.05) is 0 Å². The number of ether oxygens (including phenoxy) is 1. The van der Waals surface area contributed by atoms with Gasteiger partial charge >= 0.3 is 158 Å². The van der Waals surface area contributed by atoms with Gasteiger partial charge in [0.2, 0.25) is 0 Å². The summed E-state index contributed by atoms with van der Waals surface area (Å²) in [6, 6.07) is 11.1. The van der Waals surface area contributed by atoms with Gasteiger partial charge in [-0.1, -0.05) is 0 Å². The molecule has 2 aromatic rings. The number of carbonyl (C=O) groups is 1. The van der Waals surface area contributed by atoms with E-state index in [0.717, 1.165) is 12.8 Å². The Balaban J connectivity index is 2.26. The van der Waals surface area contributed by atoms with Crippen molar-refractivity contribution in [3.8, 4) is 0 Å². The Kier molecular flexibility index (Phi) is 7.75. The molecule has 0 bridgehead atoms. The number of anilines is 1. The van der Waals surface area contributed by atoms with E-state index >= 15 is 0 Å². The van der Waals surface area contributed by atoms with Crippen LogP contribution < -0.4 is 8.77 Å². The van der Waals surface area contributed by atoms with Crippen LogP contribution in [0.3, 0.4) is 0 Å². The van der Waals surface area contributed by atoms with Crippen LogP contribution in [0, 0.1) is 11.6 Å². The van der Waals surface area contributed by atoms with Gasteiger partial charge in [0.05, 0.1) is 0 Å². The summed E-state index contributed by atoms with van der Waals surface area (Å²) < 4.78 is 33.5. The molecule has 0 spiro atoms. The van der Waals surface area contributed by atoms with Crippen molar-refractivity contribution < 1.29 is 38.7 Å². The maximum absolute atomic E-state index is 14.5. The SMILES string of the molecule is CCCCOCCN(C(=O)c1ccccc1)c1ccc(F)[c]([Ti])c1F. The summed E-state index contributed by atoms with van der Waals surface area (Å²) in [5.41, 5.74) is 0.504. The summed E-state index contributed by atoms with van der Waals surface area (Å²) in [4.78, 5) is 14.1. The van der Waals surface area contributed by atoms with Crippen LogP contribution in [0.15, 0.2) is 42.5 Å². The van der Waals surface area contributed by atoms with Gasteiger partial charge in [0.25, 0.3) is 0 Å². The van der Waals surface area contributed by atoms with E-state index in [2.05, 4.69) is 6.92 Å². The van der Waals surface area contributed by atoms with Crippen LogP contribution in [0.25, 0.3) is 0 Å². The van der Waals surface area contributed by atoms with Crippen molar-refractivity contribution in [1.29, 1.82) is 0 Å². The Labute approximate surface area is 158 Å². The molecule has 25 heavy (non-hydrogen) atoms. The van der Waals surface area contributed by atoms with Gasteiger partial charge in [-0.2, -0.15) is 0 Å². The molecular weight excluding hydrogens is 360 g/mol. The van der Waals surface area contributed by atoms with E-state index in [0.29, 0.717) is 12.2 Å². The van der Waals surface area contributed by atoms with Crippen LogP contribution in [0.1, 0.15) is 30.1 Å². The van der Waals surface area contributed by atoms with E-state index in [-0.39, 0.29) is 28.6 Å². The van der Waals surface area contributed by atoms with Gasteiger partial charge in [-0.15, -0.1) is 0 Å². The quantitative estimate of drug-likeness (QED) is 0.518. The number of unbranched alkanes of at least 4 members (excludes halogenated alkanes) is 1. The molecule has 0 fully saturated rings. The van der Waals surface area contributed by atoms with E-state index in [1.54, 1.807) is 30.3 Å². The maximum atomic E-state index is 14.5. The number of benzene rings is 2. The van der Waals surface area contributed by atoms with Crippen LogP contribution >= 0.6 is 0 Å². The van der Waals surface area contributed by atoms with Gasteiger partial charge < -0.3 is 0 Å². The summed E-state index contributed by atoms with van der Waals surface area (Å²) in [6.45, 7) is 3.13. The van der Waals surface area contributed by atoms with Crippen LogP contribution in [0.4, 0.5) is 14.5 Å². The van der Waals surface area contributed by atoms with Gasteiger partial charge in [0, 0.05) is 0 Å². The topological polar surface area (TPSA) is 29.5 Å². The van der Waals surface area contributed by atoms with Crippen LogP contribution in [-0.2, 0) is 25.2 Å². The summed E-state index contributed by atoms with van der Waals surface area (Å²) in [6.07, 6.45) is 1.94. The zero-order valence-electron chi connectivity index (χ0n) is 14.1. The molecule has 131 valence electrons. The number of nitrogens with zero attached hydrogens (tertiary/aromatic N) is 1. The molecule has 3 nitrogen and oxygen atoms in total. The third-order valence-corrected chi connectivity index (χ3v) is 4.44. The number of amides is 1. The molecule has 6 heteroatoms. The average Bonchev–Trinajstić information content (AvgIpc) is 2.64. The predicted molar refractivity (Wildman–Crippen MR) is 89.8 cm³/mol. The van der Waals surface area contributed by atoms with E-state index in [1.165, 1.54) is 37.5 Å². The summed E-state index contributed by atoms with van der Waals surface area (Å²) in [5, 5.41) is 0. The molecule has 2 rings (SSSR count). The molecule has 0 saturated heterocycles. The molecule has 0 aliphatic rings. The molecule has 0 unspecified atom stereocenters. The first kappa shape index (κ1) is 19.8. The summed E-state index contributed by atoms with van der Waals surface area (Å²) in [7, 11) is 0. The van der Waals surface area contributed by atoms with Crippen molar-refractivity contribution >= 4 is 15.5 Å². The molecule has 0 radical (unpaired) electrons. The second-order valence-corrected chi connectivity index (χ2v) is 6.33. The Hall–Kier alpha value is -1.56. The van der Waals surface area contributed by atoms with Gasteiger partial charge in [0.15, 0.2) is 0 Å². The normalized spacial score (nSPS) is 10.6. The fourth-order valence-electron chi connectivity index (χ4n) is 2.32. The van der Waals surface area contributed by atoms with Crippen molar-refractivity contribution in [2.75, 3.05) is 24.7 Å². The van der Waals surface area contributed by atoms with Crippen LogP contribution in [-0.4, -0.2) is 25.7 Å². The minimum atomic E-state index is -0.724. The molecule has 2 aromatic carbocycles. The second-order valence-electron chi connectivity index (χ2n) is 5.54. The third-order valence-electron chi connectivity index (χ3n) is 3.73. The monoisotopic (exact) mass is 380 g/mol. The Bertz CT molecular complexity index is 710. The van der Waals surface area contributed by atoms with Gasteiger partial charge in [-0.05, 0) is 0 Å². The number of halogens is 2. The standard InChI is InChI=1S/C19H20F2NO2.Ti/c1-2-3-12-24-13-11-22(18-10-9-16(20)14-17(18)21)19(23)15-7-5-4-6-8-15;/h4-10H,2-3,11-13H2,1H3;. The molecule has 0 N–H and O–H groups in total. The zero-order valence-corrected chi connectivity index (χ0v) is 15.7. The van der Waals surface area contributed by atoms with Crippen LogP contribution in [0.5, 0.6) is 0 Å². The van der Waals surface area contributed by atoms with E-state index < -0.39 is 11.6 Å². The third kappa shape index (κ3) is 5.21. The van der Waals surface area contributed by atoms with E-state index in [4.69, 9.17) is 4.74 Å². The molecule has 0 heterocycles. The number of carbonyl (C=O) groups excluding carboxylic acids is 1. The average molecular weight is 380 g/mol. The Morgan fingerprint density at radius 2 is 1.84 bits per heavy atom. The first-order valence-corrected chi connectivity index (χ1v) is 8.98. The molecule has 0 aromatic heterocycles. The first-order chi connectivity index (χ1) is 12.1. The van der Waals surface area contributed by atoms with Crippen molar-refractivity contribution in [3.05, 3.63) is 59.7 Å². The van der Waals surface area contributed by atoms with Crippen LogP contribution in [0.2, 0.25) is 0 Å². The number of hydrogen-bond donors (Lipinski definition) is 0. The van der Waals surface area contributed by atoms with Crippen molar-refractivity contribution in [1.82, 2.24) is 0 Å². The Morgan fingerprint density at radius 1 is 1.12 bits per heavy atom. The predicted octanol–water partition coefficient (Wildman–Crippen LogP) is 3.60. The molecule has 0 aliphatic heterocycles. The molecule has 0 aliphatic carbocycles. The first-order valence-electron chi connectivity index (χ1n) is 8.20. The minimum absolute atomic E-state index is 0.0619.